The first-order valence-corrected chi connectivity index (χ1v) is 7.53. The van der Waals surface area contributed by atoms with E-state index in [1.807, 2.05) is 13.0 Å². The van der Waals surface area contributed by atoms with Crippen LogP contribution in [0.2, 0.25) is 0 Å². The Balaban J connectivity index is 2.10. The van der Waals surface area contributed by atoms with Gasteiger partial charge in [-0.05, 0) is 33.6 Å². The highest BCUT2D eigenvalue weighted by atomic mass is 16.5. The van der Waals surface area contributed by atoms with Crippen molar-refractivity contribution in [2.45, 2.75) is 51.9 Å². The Hall–Kier alpha value is -1.40. The number of nitrogens with one attached hydrogen (secondary N) is 2. The lowest BCUT2D eigenvalue weighted by Gasteiger charge is -2.36. The third-order valence-electron chi connectivity index (χ3n) is 3.45. The number of nitrogens with zero attached hydrogens (tertiary/aromatic N) is 2. The van der Waals surface area contributed by atoms with Crippen molar-refractivity contribution in [2.75, 3.05) is 30.9 Å². The van der Waals surface area contributed by atoms with Gasteiger partial charge in [-0.1, -0.05) is 0 Å². The molecular formula is C15H26N4O2. The Morgan fingerprint density at radius 3 is 2.81 bits per heavy atom. The summed E-state index contributed by atoms with van der Waals surface area (Å²) in [5.41, 5.74) is -0.0806. The molecule has 0 spiro atoms. The van der Waals surface area contributed by atoms with Crippen LogP contribution in [0.4, 0.5) is 11.6 Å². The standard InChI is InChI=1S/C15H26N4O2/c1-5-16-12-8-13(19-14(18-12)10-20-4)17-11-6-7-21-15(2,3)9-11/h8,11H,5-7,9-10H2,1-4H3,(H2,16,17,18,19). The van der Waals surface area contributed by atoms with E-state index in [1.165, 1.54) is 0 Å². The number of hydrogen-bond donors (Lipinski definition) is 2. The first kappa shape index (κ1) is 16.0. The van der Waals surface area contributed by atoms with Crippen LogP contribution < -0.4 is 10.6 Å². The third-order valence-corrected chi connectivity index (χ3v) is 3.45. The Kier molecular flexibility index (Phi) is 5.36. The Bertz CT molecular complexity index is 441. The summed E-state index contributed by atoms with van der Waals surface area (Å²) in [5.74, 6) is 2.36. The maximum atomic E-state index is 5.75. The molecule has 0 radical (unpaired) electrons. The molecule has 118 valence electrons. The molecule has 1 aromatic rings. The van der Waals surface area contributed by atoms with E-state index in [-0.39, 0.29) is 5.60 Å². The van der Waals surface area contributed by atoms with Crippen molar-refractivity contribution in [1.29, 1.82) is 0 Å². The molecule has 6 nitrogen and oxygen atoms in total. The number of ether oxygens (including phenoxy) is 2. The predicted octanol–water partition coefficient (Wildman–Crippen LogP) is 2.42. The van der Waals surface area contributed by atoms with Gasteiger partial charge >= 0.3 is 0 Å². The van der Waals surface area contributed by atoms with Crippen LogP contribution >= 0.6 is 0 Å². The quantitative estimate of drug-likeness (QED) is 0.840. The third kappa shape index (κ3) is 4.82. The van der Waals surface area contributed by atoms with Gasteiger partial charge in [0.1, 0.15) is 18.2 Å². The summed E-state index contributed by atoms with van der Waals surface area (Å²) >= 11 is 0. The van der Waals surface area contributed by atoms with E-state index in [9.17, 15) is 0 Å². The van der Waals surface area contributed by atoms with E-state index >= 15 is 0 Å². The molecule has 0 amide bonds. The molecule has 2 heterocycles. The van der Waals surface area contributed by atoms with Crippen LogP contribution in [0.1, 0.15) is 39.4 Å². The Morgan fingerprint density at radius 1 is 1.38 bits per heavy atom. The van der Waals surface area contributed by atoms with E-state index in [1.54, 1.807) is 7.11 Å². The van der Waals surface area contributed by atoms with Crippen LogP contribution in [0, 0.1) is 0 Å². The summed E-state index contributed by atoms with van der Waals surface area (Å²) in [4.78, 5) is 8.94. The van der Waals surface area contributed by atoms with Gasteiger partial charge in [0.25, 0.3) is 0 Å². The molecule has 2 rings (SSSR count). The van der Waals surface area contributed by atoms with Crippen LogP contribution in [-0.4, -0.2) is 41.9 Å². The lowest BCUT2D eigenvalue weighted by molar-refractivity contribution is -0.0553. The molecule has 0 aliphatic carbocycles. The molecule has 6 heteroatoms. The highest BCUT2D eigenvalue weighted by Gasteiger charge is 2.29. The van der Waals surface area contributed by atoms with Crippen molar-refractivity contribution in [3.05, 3.63) is 11.9 Å². The molecule has 1 aromatic heterocycles. The van der Waals surface area contributed by atoms with E-state index < -0.39 is 0 Å². The van der Waals surface area contributed by atoms with Crippen molar-refractivity contribution in [3.63, 3.8) is 0 Å². The SMILES string of the molecule is CCNc1cc(NC2CCOC(C)(C)C2)nc(COC)n1. The largest absolute Gasteiger partial charge is 0.377 e. The van der Waals surface area contributed by atoms with Gasteiger partial charge in [-0.25, -0.2) is 9.97 Å². The minimum Gasteiger partial charge on any atom is -0.377 e. The minimum absolute atomic E-state index is 0.0806. The van der Waals surface area contributed by atoms with Gasteiger partial charge in [0, 0.05) is 32.4 Å². The van der Waals surface area contributed by atoms with E-state index in [4.69, 9.17) is 9.47 Å². The Labute approximate surface area is 126 Å². The lowest BCUT2D eigenvalue weighted by atomic mass is 9.94. The fraction of sp³-hybridized carbons (Fsp3) is 0.733. The zero-order valence-electron chi connectivity index (χ0n) is 13.4. The zero-order chi connectivity index (χ0) is 15.3. The van der Waals surface area contributed by atoms with Crippen molar-refractivity contribution in [2.24, 2.45) is 0 Å². The second-order valence-electron chi connectivity index (χ2n) is 5.96. The minimum atomic E-state index is -0.0806. The molecule has 0 saturated carbocycles. The van der Waals surface area contributed by atoms with E-state index in [0.717, 1.165) is 37.6 Å². The van der Waals surface area contributed by atoms with Gasteiger partial charge in [0.15, 0.2) is 5.82 Å². The summed E-state index contributed by atoms with van der Waals surface area (Å²) in [6.07, 6.45) is 1.96. The van der Waals surface area contributed by atoms with Gasteiger partial charge in [0.2, 0.25) is 0 Å². The van der Waals surface area contributed by atoms with Crippen molar-refractivity contribution >= 4 is 11.6 Å². The normalized spacial score (nSPS) is 21.0. The number of hydrogen-bond acceptors (Lipinski definition) is 6. The molecule has 1 atom stereocenters. The summed E-state index contributed by atoms with van der Waals surface area (Å²) in [7, 11) is 1.65. The fourth-order valence-corrected chi connectivity index (χ4v) is 2.60. The first-order chi connectivity index (χ1) is 10.0. The van der Waals surface area contributed by atoms with Gasteiger partial charge in [0.05, 0.1) is 5.60 Å². The molecule has 1 aliphatic heterocycles. The smallest absolute Gasteiger partial charge is 0.158 e. The number of aromatic nitrogens is 2. The van der Waals surface area contributed by atoms with Crippen LogP contribution in [0.25, 0.3) is 0 Å². The maximum Gasteiger partial charge on any atom is 0.158 e. The van der Waals surface area contributed by atoms with Crippen LogP contribution in [0.3, 0.4) is 0 Å². The van der Waals surface area contributed by atoms with Gasteiger partial charge in [-0.3, -0.25) is 0 Å². The highest BCUT2D eigenvalue weighted by Crippen LogP contribution is 2.26. The molecule has 1 aliphatic rings. The van der Waals surface area contributed by atoms with Crippen molar-refractivity contribution in [1.82, 2.24) is 9.97 Å². The van der Waals surface area contributed by atoms with Gasteiger partial charge in [-0.2, -0.15) is 0 Å². The lowest BCUT2D eigenvalue weighted by Crippen LogP contribution is -2.40. The maximum absolute atomic E-state index is 5.75. The molecule has 1 fully saturated rings. The second-order valence-corrected chi connectivity index (χ2v) is 5.96. The van der Waals surface area contributed by atoms with Crippen LogP contribution in [-0.2, 0) is 16.1 Å². The predicted molar refractivity (Wildman–Crippen MR) is 83.6 cm³/mol. The number of anilines is 2. The van der Waals surface area contributed by atoms with E-state index in [0.29, 0.717) is 18.5 Å². The fourth-order valence-electron chi connectivity index (χ4n) is 2.60. The molecule has 1 unspecified atom stereocenters. The number of methoxy groups -OCH3 is 1. The summed E-state index contributed by atoms with van der Waals surface area (Å²) < 4.78 is 10.9. The molecule has 21 heavy (non-hydrogen) atoms. The average Bonchev–Trinajstić information content (AvgIpc) is 2.38. The van der Waals surface area contributed by atoms with Crippen LogP contribution in [0.5, 0.6) is 0 Å². The molecular weight excluding hydrogens is 268 g/mol. The summed E-state index contributed by atoms with van der Waals surface area (Å²) in [5, 5.41) is 6.74. The van der Waals surface area contributed by atoms with Crippen molar-refractivity contribution in [3.8, 4) is 0 Å². The summed E-state index contributed by atoms with van der Waals surface area (Å²) in [6.45, 7) is 8.32. The van der Waals surface area contributed by atoms with E-state index in [2.05, 4.69) is 34.4 Å². The molecule has 0 aromatic carbocycles. The number of rotatable bonds is 6. The molecule has 2 N–H and O–H groups in total. The van der Waals surface area contributed by atoms with Gasteiger partial charge in [-0.15, -0.1) is 0 Å². The van der Waals surface area contributed by atoms with Gasteiger partial charge < -0.3 is 20.1 Å². The van der Waals surface area contributed by atoms with Crippen LogP contribution in [0.15, 0.2) is 6.07 Å². The topological polar surface area (TPSA) is 68.3 Å². The zero-order valence-corrected chi connectivity index (χ0v) is 13.4. The first-order valence-electron chi connectivity index (χ1n) is 7.53. The monoisotopic (exact) mass is 294 g/mol. The molecule has 1 saturated heterocycles. The van der Waals surface area contributed by atoms with Crippen molar-refractivity contribution < 1.29 is 9.47 Å². The summed E-state index contributed by atoms with van der Waals surface area (Å²) in [6, 6.07) is 2.32. The highest BCUT2D eigenvalue weighted by molar-refractivity contribution is 5.48. The average molecular weight is 294 g/mol. The molecule has 0 bridgehead atoms. The Morgan fingerprint density at radius 2 is 2.14 bits per heavy atom. The second kappa shape index (κ2) is 7.04.